The molecule has 0 spiro atoms. The molecule has 0 saturated carbocycles. The van der Waals surface area contributed by atoms with Crippen molar-refractivity contribution in [3.8, 4) is 0 Å². The van der Waals surface area contributed by atoms with Crippen molar-refractivity contribution >= 4 is 29.7 Å². The average molecular weight is 256 g/mol. The fraction of sp³-hybridized carbons (Fsp3) is 0.333. The smallest absolute Gasteiger partial charge is 0.412 e. The number of ether oxygens (including phenoxy) is 1. The maximum Gasteiger partial charge on any atom is 0.412 e. The van der Waals surface area contributed by atoms with E-state index in [1.807, 2.05) is 0 Å². The van der Waals surface area contributed by atoms with Gasteiger partial charge in [-0.05, 0) is 32.9 Å². The van der Waals surface area contributed by atoms with E-state index in [0.29, 0.717) is 16.9 Å². The molecular formula is C12H14ClNO3. The summed E-state index contributed by atoms with van der Waals surface area (Å²) < 4.78 is 5.07. The van der Waals surface area contributed by atoms with E-state index >= 15 is 0 Å². The molecule has 0 atom stereocenters. The molecule has 0 unspecified atom stereocenters. The van der Waals surface area contributed by atoms with Gasteiger partial charge in [0.15, 0.2) is 6.29 Å². The van der Waals surface area contributed by atoms with Crippen LogP contribution in [0.2, 0.25) is 5.02 Å². The third kappa shape index (κ3) is 4.07. The number of aldehydes is 1. The summed E-state index contributed by atoms with van der Waals surface area (Å²) in [7, 11) is 0. The average Bonchev–Trinajstić information content (AvgIpc) is 2.18. The third-order valence-corrected chi connectivity index (χ3v) is 2.11. The minimum Gasteiger partial charge on any atom is -0.444 e. The Balaban J connectivity index is 2.88. The van der Waals surface area contributed by atoms with Crippen LogP contribution in [0.25, 0.3) is 0 Å². The molecule has 4 nitrogen and oxygen atoms in total. The van der Waals surface area contributed by atoms with E-state index in [1.165, 1.54) is 0 Å². The Labute approximate surface area is 105 Å². The maximum absolute atomic E-state index is 11.5. The van der Waals surface area contributed by atoms with Crippen LogP contribution in [0.3, 0.4) is 0 Å². The number of amides is 1. The van der Waals surface area contributed by atoms with Crippen molar-refractivity contribution in [2.45, 2.75) is 26.4 Å². The molecule has 1 aromatic carbocycles. The standard InChI is InChI=1S/C12H14ClNO3/c1-12(2,3)17-11(16)14-10-8(7-15)5-4-6-9(10)13/h4-7H,1-3H3,(H,14,16). The minimum atomic E-state index is -0.645. The Morgan fingerprint density at radius 1 is 1.41 bits per heavy atom. The van der Waals surface area contributed by atoms with Crippen LogP contribution in [0.5, 0.6) is 0 Å². The van der Waals surface area contributed by atoms with Crippen LogP contribution in [0, 0.1) is 0 Å². The molecule has 0 bridgehead atoms. The largest absolute Gasteiger partial charge is 0.444 e. The summed E-state index contributed by atoms with van der Waals surface area (Å²) in [5.74, 6) is 0. The van der Waals surface area contributed by atoms with Crippen molar-refractivity contribution in [2.24, 2.45) is 0 Å². The van der Waals surface area contributed by atoms with E-state index in [4.69, 9.17) is 16.3 Å². The van der Waals surface area contributed by atoms with Crippen LogP contribution in [0.1, 0.15) is 31.1 Å². The van der Waals surface area contributed by atoms with Crippen LogP contribution < -0.4 is 5.32 Å². The Bertz CT molecular complexity index is 438. The van der Waals surface area contributed by atoms with E-state index < -0.39 is 11.7 Å². The van der Waals surface area contributed by atoms with Gasteiger partial charge >= 0.3 is 6.09 Å². The summed E-state index contributed by atoms with van der Waals surface area (Å²) in [6, 6.07) is 4.78. The van der Waals surface area contributed by atoms with Gasteiger partial charge in [0.25, 0.3) is 0 Å². The van der Waals surface area contributed by atoms with Crippen LogP contribution in [0.15, 0.2) is 18.2 Å². The van der Waals surface area contributed by atoms with Crippen LogP contribution in [0.4, 0.5) is 10.5 Å². The predicted octanol–water partition coefficient (Wildman–Crippen LogP) is 3.50. The monoisotopic (exact) mass is 255 g/mol. The molecule has 1 aromatic rings. The highest BCUT2D eigenvalue weighted by Crippen LogP contribution is 2.25. The lowest BCUT2D eigenvalue weighted by Crippen LogP contribution is -2.27. The van der Waals surface area contributed by atoms with Gasteiger partial charge < -0.3 is 4.74 Å². The molecule has 1 amide bonds. The second-order valence-electron chi connectivity index (χ2n) is 4.45. The van der Waals surface area contributed by atoms with Gasteiger partial charge in [-0.15, -0.1) is 0 Å². The molecule has 0 fully saturated rings. The van der Waals surface area contributed by atoms with E-state index in [2.05, 4.69) is 5.32 Å². The van der Waals surface area contributed by atoms with Gasteiger partial charge in [0.2, 0.25) is 0 Å². The first kappa shape index (κ1) is 13.5. The molecular weight excluding hydrogens is 242 g/mol. The summed E-state index contributed by atoms with van der Waals surface area (Å²) in [4.78, 5) is 22.3. The number of hydrogen-bond acceptors (Lipinski definition) is 3. The summed E-state index contributed by atoms with van der Waals surface area (Å²) in [5, 5.41) is 2.75. The molecule has 0 saturated heterocycles. The maximum atomic E-state index is 11.5. The minimum absolute atomic E-state index is 0.262. The number of carbonyl (C=O) groups is 2. The number of rotatable bonds is 2. The highest BCUT2D eigenvalue weighted by atomic mass is 35.5. The highest BCUT2D eigenvalue weighted by Gasteiger charge is 2.18. The zero-order chi connectivity index (χ0) is 13.1. The van der Waals surface area contributed by atoms with Gasteiger partial charge in [-0.3, -0.25) is 10.1 Å². The van der Waals surface area contributed by atoms with Crippen molar-refractivity contribution in [2.75, 3.05) is 5.32 Å². The molecule has 0 heterocycles. The number of halogens is 1. The van der Waals surface area contributed by atoms with Gasteiger partial charge in [0.05, 0.1) is 10.7 Å². The number of benzene rings is 1. The van der Waals surface area contributed by atoms with Gasteiger partial charge in [-0.25, -0.2) is 4.79 Å². The lowest BCUT2D eigenvalue weighted by molar-refractivity contribution is 0.0636. The quantitative estimate of drug-likeness (QED) is 0.823. The van der Waals surface area contributed by atoms with E-state index in [9.17, 15) is 9.59 Å². The lowest BCUT2D eigenvalue weighted by Gasteiger charge is -2.20. The third-order valence-electron chi connectivity index (χ3n) is 1.80. The normalized spacial score (nSPS) is 10.8. The molecule has 0 radical (unpaired) electrons. The van der Waals surface area contributed by atoms with Crippen LogP contribution in [-0.4, -0.2) is 18.0 Å². The summed E-state index contributed by atoms with van der Waals surface area (Å²) in [6.45, 7) is 5.25. The Hall–Kier alpha value is -1.55. The lowest BCUT2D eigenvalue weighted by atomic mass is 10.2. The SMILES string of the molecule is CC(C)(C)OC(=O)Nc1c(Cl)cccc1C=O. The van der Waals surface area contributed by atoms with Gasteiger partial charge in [-0.1, -0.05) is 17.7 Å². The molecule has 1 N–H and O–H groups in total. The van der Waals surface area contributed by atoms with Crippen LogP contribution >= 0.6 is 11.6 Å². The Kier molecular flexibility index (Phi) is 4.12. The molecule has 0 aromatic heterocycles. The predicted molar refractivity (Wildman–Crippen MR) is 66.7 cm³/mol. The van der Waals surface area contributed by atoms with Crippen molar-refractivity contribution in [1.29, 1.82) is 0 Å². The zero-order valence-electron chi connectivity index (χ0n) is 9.91. The topological polar surface area (TPSA) is 55.4 Å². The number of hydrogen-bond donors (Lipinski definition) is 1. The van der Waals surface area contributed by atoms with E-state index in [-0.39, 0.29) is 5.69 Å². The number of anilines is 1. The van der Waals surface area contributed by atoms with Crippen LogP contribution in [-0.2, 0) is 4.74 Å². The zero-order valence-corrected chi connectivity index (χ0v) is 10.7. The van der Waals surface area contributed by atoms with Gasteiger partial charge in [0.1, 0.15) is 5.60 Å². The first-order chi connectivity index (χ1) is 7.83. The molecule has 0 aliphatic heterocycles. The molecule has 0 aliphatic carbocycles. The van der Waals surface area contributed by atoms with Crippen molar-refractivity contribution in [3.05, 3.63) is 28.8 Å². The number of carbonyl (C=O) groups excluding carboxylic acids is 2. The van der Waals surface area contributed by atoms with E-state index in [0.717, 1.165) is 0 Å². The van der Waals surface area contributed by atoms with E-state index in [1.54, 1.807) is 39.0 Å². The fourth-order valence-corrected chi connectivity index (χ4v) is 1.41. The highest BCUT2D eigenvalue weighted by molar-refractivity contribution is 6.34. The molecule has 0 aliphatic rings. The van der Waals surface area contributed by atoms with Crippen molar-refractivity contribution < 1.29 is 14.3 Å². The molecule has 1 rings (SSSR count). The summed E-state index contributed by atoms with van der Waals surface area (Å²) >= 11 is 5.89. The molecule has 92 valence electrons. The first-order valence-electron chi connectivity index (χ1n) is 5.07. The van der Waals surface area contributed by atoms with Crippen molar-refractivity contribution in [1.82, 2.24) is 0 Å². The first-order valence-corrected chi connectivity index (χ1v) is 5.45. The summed E-state index contributed by atoms with van der Waals surface area (Å²) in [5.41, 5.74) is -0.0334. The number of para-hydroxylation sites is 1. The van der Waals surface area contributed by atoms with Gasteiger partial charge in [-0.2, -0.15) is 0 Å². The number of nitrogens with one attached hydrogen (secondary N) is 1. The second-order valence-corrected chi connectivity index (χ2v) is 4.86. The Morgan fingerprint density at radius 3 is 2.59 bits per heavy atom. The fourth-order valence-electron chi connectivity index (χ4n) is 1.18. The second kappa shape index (κ2) is 5.19. The molecule has 17 heavy (non-hydrogen) atoms. The van der Waals surface area contributed by atoms with Crippen molar-refractivity contribution in [3.63, 3.8) is 0 Å². The van der Waals surface area contributed by atoms with Gasteiger partial charge in [0, 0.05) is 5.56 Å². The molecule has 5 heteroatoms. The summed E-state index contributed by atoms with van der Waals surface area (Å²) in [6.07, 6.45) is -0.0211. The Morgan fingerprint density at radius 2 is 2.06 bits per heavy atom.